The molecule has 8 heteroatoms. The lowest BCUT2D eigenvalue weighted by Gasteiger charge is -2.02. The number of hydrogen-bond acceptors (Lipinski definition) is 5. The van der Waals surface area contributed by atoms with Crippen molar-refractivity contribution in [2.24, 2.45) is 7.05 Å². The Morgan fingerprint density at radius 3 is 2.76 bits per heavy atom. The van der Waals surface area contributed by atoms with Crippen molar-refractivity contribution in [3.8, 4) is 0 Å². The third-order valence-electron chi connectivity index (χ3n) is 2.49. The Balaban J connectivity index is 1.95. The maximum absolute atomic E-state index is 11.9. The molecule has 0 spiro atoms. The second-order valence-electron chi connectivity index (χ2n) is 4.17. The maximum Gasteiger partial charge on any atom is 0.328 e. The van der Waals surface area contributed by atoms with Crippen LogP contribution in [0.25, 0.3) is 6.08 Å². The molecule has 2 rings (SSSR count). The minimum atomic E-state index is -1.04. The lowest BCUT2D eigenvalue weighted by Crippen LogP contribution is -2.24. The number of nitrogens with zero attached hydrogens (tertiary/aromatic N) is 4. The number of amides is 1. The number of rotatable bonds is 5. The van der Waals surface area contributed by atoms with Gasteiger partial charge in [0.25, 0.3) is 5.91 Å². The molecule has 2 heterocycles. The molecule has 2 aromatic rings. The summed E-state index contributed by atoms with van der Waals surface area (Å²) in [5.41, 5.74) is 0.832. The Hall–Kier alpha value is -3.03. The third kappa shape index (κ3) is 4.23. The topological polar surface area (TPSA) is 110 Å². The number of nitrogens with one attached hydrogen (secondary N) is 1. The molecule has 0 aliphatic heterocycles. The highest BCUT2D eigenvalue weighted by atomic mass is 16.4. The molecule has 8 nitrogen and oxygen atoms in total. The minimum Gasteiger partial charge on any atom is -0.478 e. The molecule has 0 saturated heterocycles. The molecule has 0 unspecified atom stereocenters. The van der Waals surface area contributed by atoms with Crippen LogP contribution in [0.2, 0.25) is 0 Å². The number of carboxylic acids is 1. The normalized spacial score (nSPS) is 10.7. The van der Waals surface area contributed by atoms with E-state index in [1.165, 1.54) is 18.3 Å². The van der Waals surface area contributed by atoms with Crippen molar-refractivity contribution < 1.29 is 14.7 Å². The first kappa shape index (κ1) is 14.4. The SMILES string of the molecule is Cn1cnc(CNC(=O)c2ccc(/C=C/C(=O)O)cn2)n1. The zero-order valence-corrected chi connectivity index (χ0v) is 11.2. The number of pyridine rings is 1. The van der Waals surface area contributed by atoms with Gasteiger partial charge < -0.3 is 10.4 Å². The number of aryl methyl sites for hydroxylation is 1. The molecule has 108 valence electrons. The van der Waals surface area contributed by atoms with Crippen molar-refractivity contribution >= 4 is 18.0 Å². The van der Waals surface area contributed by atoms with Gasteiger partial charge in [-0.2, -0.15) is 5.10 Å². The van der Waals surface area contributed by atoms with Crippen molar-refractivity contribution in [3.05, 3.63) is 47.8 Å². The monoisotopic (exact) mass is 287 g/mol. The smallest absolute Gasteiger partial charge is 0.328 e. The summed E-state index contributed by atoms with van der Waals surface area (Å²) in [6.07, 6.45) is 5.37. The Morgan fingerprint density at radius 1 is 1.38 bits per heavy atom. The molecule has 21 heavy (non-hydrogen) atoms. The van der Waals surface area contributed by atoms with Crippen molar-refractivity contribution in [1.82, 2.24) is 25.1 Å². The highest BCUT2D eigenvalue weighted by Crippen LogP contribution is 2.03. The number of aliphatic carboxylic acids is 1. The van der Waals surface area contributed by atoms with Crippen LogP contribution in [-0.4, -0.2) is 36.7 Å². The quantitative estimate of drug-likeness (QED) is 0.762. The van der Waals surface area contributed by atoms with Crippen LogP contribution in [0.3, 0.4) is 0 Å². The Kier molecular flexibility index (Phi) is 4.39. The zero-order chi connectivity index (χ0) is 15.2. The minimum absolute atomic E-state index is 0.210. The van der Waals surface area contributed by atoms with Crippen LogP contribution in [-0.2, 0) is 18.4 Å². The van der Waals surface area contributed by atoms with Crippen LogP contribution >= 0.6 is 0 Å². The Labute approximate surface area is 120 Å². The van der Waals surface area contributed by atoms with Gasteiger partial charge in [0, 0.05) is 19.3 Å². The van der Waals surface area contributed by atoms with Crippen LogP contribution in [0, 0.1) is 0 Å². The lowest BCUT2D eigenvalue weighted by molar-refractivity contribution is -0.131. The van der Waals surface area contributed by atoms with E-state index in [9.17, 15) is 9.59 Å². The van der Waals surface area contributed by atoms with Crippen molar-refractivity contribution in [2.45, 2.75) is 6.54 Å². The fourth-order valence-corrected chi connectivity index (χ4v) is 1.52. The van der Waals surface area contributed by atoms with Crippen LogP contribution < -0.4 is 5.32 Å². The highest BCUT2D eigenvalue weighted by Gasteiger charge is 2.08. The van der Waals surface area contributed by atoms with E-state index in [0.717, 1.165) is 6.08 Å². The molecular weight excluding hydrogens is 274 g/mol. The van der Waals surface area contributed by atoms with Gasteiger partial charge in [0.15, 0.2) is 5.82 Å². The van der Waals surface area contributed by atoms with Crippen LogP contribution in [0.4, 0.5) is 0 Å². The van der Waals surface area contributed by atoms with E-state index in [0.29, 0.717) is 11.4 Å². The van der Waals surface area contributed by atoms with Crippen molar-refractivity contribution in [2.75, 3.05) is 0 Å². The van der Waals surface area contributed by atoms with E-state index < -0.39 is 5.97 Å². The molecule has 1 amide bonds. The first-order valence-corrected chi connectivity index (χ1v) is 6.04. The van der Waals surface area contributed by atoms with Crippen molar-refractivity contribution in [3.63, 3.8) is 0 Å². The van der Waals surface area contributed by atoms with Gasteiger partial charge in [-0.15, -0.1) is 0 Å². The molecule has 0 aromatic carbocycles. The molecule has 0 aliphatic rings. The van der Waals surface area contributed by atoms with Gasteiger partial charge in [-0.1, -0.05) is 6.07 Å². The van der Waals surface area contributed by atoms with E-state index in [2.05, 4.69) is 20.4 Å². The predicted octanol–water partition coefficient (Wildman–Crippen LogP) is 0.238. The molecule has 2 aromatic heterocycles. The largest absolute Gasteiger partial charge is 0.478 e. The summed E-state index contributed by atoms with van der Waals surface area (Å²) in [7, 11) is 1.74. The summed E-state index contributed by atoms with van der Waals surface area (Å²) in [5.74, 6) is -0.886. The number of aromatic nitrogens is 4. The summed E-state index contributed by atoms with van der Waals surface area (Å²) in [5, 5.41) is 15.2. The van der Waals surface area contributed by atoms with Crippen LogP contribution in [0.5, 0.6) is 0 Å². The summed E-state index contributed by atoms with van der Waals surface area (Å²) >= 11 is 0. The summed E-state index contributed by atoms with van der Waals surface area (Å²) in [4.78, 5) is 30.2. The van der Waals surface area contributed by atoms with Crippen LogP contribution in [0.1, 0.15) is 21.9 Å². The van der Waals surface area contributed by atoms with Gasteiger partial charge in [-0.05, 0) is 17.7 Å². The second kappa shape index (κ2) is 6.42. The predicted molar refractivity (Wildman–Crippen MR) is 73.1 cm³/mol. The van der Waals surface area contributed by atoms with Gasteiger partial charge in [-0.25, -0.2) is 9.78 Å². The van der Waals surface area contributed by atoms with E-state index in [-0.39, 0.29) is 18.1 Å². The van der Waals surface area contributed by atoms with E-state index in [1.54, 1.807) is 24.1 Å². The molecule has 0 aliphatic carbocycles. The van der Waals surface area contributed by atoms with E-state index in [4.69, 9.17) is 5.11 Å². The molecule has 0 saturated carbocycles. The fraction of sp³-hybridized carbons (Fsp3) is 0.154. The standard InChI is InChI=1S/C13H13N5O3/c1-18-8-16-11(17-18)7-15-13(21)10-4-2-9(6-14-10)3-5-12(19)20/h2-6,8H,7H2,1H3,(H,15,21)(H,19,20)/b5-3+. The lowest BCUT2D eigenvalue weighted by atomic mass is 10.2. The van der Waals surface area contributed by atoms with E-state index in [1.807, 2.05) is 0 Å². The van der Waals surface area contributed by atoms with Gasteiger partial charge >= 0.3 is 5.97 Å². The molecule has 0 fully saturated rings. The zero-order valence-electron chi connectivity index (χ0n) is 11.2. The molecular formula is C13H13N5O3. The van der Waals surface area contributed by atoms with Crippen molar-refractivity contribution in [1.29, 1.82) is 0 Å². The van der Waals surface area contributed by atoms with E-state index >= 15 is 0 Å². The Morgan fingerprint density at radius 2 is 2.19 bits per heavy atom. The highest BCUT2D eigenvalue weighted by molar-refractivity contribution is 5.92. The average molecular weight is 287 g/mol. The molecule has 0 bridgehead atoms. The first-order chi connectivity index (χ1) is 10.0. The Bertz CT molecular complexity index is 675. The molecule has 0 radical (unpaired) electrons. The fourth-order valence-electron chi connectivity index (χ4n) is 1.52. The number of carbonyl (C=O) groups excluding carboxylic acids is 1. The molecule has 2 N–H and O–H groups in total. The first-order valence-electron chi connectivity index (χ1n) is 6.04. The summed E-state index contributed by atoms with van der Waals surface area (Å²) < 4.78 is 1.54. The number of carbonyl (C=O) groups is 2. The number of carboxylic acid groups (broad SMARTS) is 1. The third-order valence-corrected chi connectivity index (χ3v) is 2.49. The van der Waals surface area contributed by atoms with Gasteiger partial charge in [0.05, 0.1) is 6.54 Å². The summed E-state index contributed by atoms with van der Waals surface area (Å²) in [6.45, 7) is 0.210. The molecule has 0 atom stereocenters. The number of hydrogen-bond donors (Lipinski definition) is 2. The maximum atomic E-state index is 11.9. The van der Waals surface area contributed by atoms with Crippen LogP contribution in [0.15, 0.2) is 30.7 Å². The van der Waals surface area contributed by atoms with Gasteiger partial charge in [0.1, 0.15) is 12.0 Å². The van der Waals surface area contributed by atoms with Gasteiger partial charge in [0.2, 0.25) is 0 Å². The van der Waals surface area contributed by atoms with Gasteiger partial charge in [-0.3, -0.25) is 14.5 Å². The summed E-state index contributed by atoms with van der Waals surface area (Å²) in [6, 6.07) is 3.13. The average Bonchev–Trinajstić information content (AvgIpc) is 2.89. The second-order valence-corrected chi connectivity index (χ2v) is 4.17.